The molecule has 1 aliphatic carbocycles. The van der Waals surface area contributed by atoms with E-state index >= 15 is 0 Å². The lowest BCUT2D eigenvalue weighted by atomic mass is 9.71. The van der Waals surface area contributed by atoms with Crippen LogP contribution < -0.4 is 10.6 Å². The largest absolute Gasteiger partial charge is 0.495 e. The molecule has 0 amide bonds. The van der Waals surface area contributed by atoms with Crippen molar-refractivity contribution in [1.29, 1.82) is 5.26 Å². The third-order valence-electron chi connectivity index (χ3n) is 5.82. The normalized spacial score (nSPS) is 25.4. The first-order chi connectivity index (χ1) is 14.2. The molecule has 0 bridgehead atoms. The van der Waals surface area contributed by atoms with Crippen LogP contribution in [0.4, 0.5) is 11.8 Å². The zero-order chi connectivity index (χ0) is 19.8. The number of nitrogens with one attached hydrogen (secondary N) is 2. The topological polar surface area (TPSA) is 101 Å². The highest BCUT2D eigenvalue weighted by Crippen LogP contribution is 2.35. The molecule has 5 rings (SSSR count). The fourth-order valence-electron chi connectivity index (χ4n) is 4.27. The molecule has 1 fully saturated rings. The van der Waals surface area contributed by atoms with Gasteiger partial charge in [0, 0.05) is 17.8 Å². The molecule has 4 heterocycles. The van der Waals surface area contributed by atoms with Gasteiger partial charge >= 0.3 is 7.12 Å². The highest BCUT2D eigenvalue weighted by Gasteiger charge is 2.40. The van der Waals surface area contributed by atoms with E-state index < -0.39 is 0 Å². The smallest absolute Gasteiger partial charge is 0.495 e. The average molecular weight is 391 g/mol. The molecule has 3 aliphatic heterocycles. The molecule has 0 radical (unpaired) electrons. The number of hydrogen-bond acceptors (Lipinski definition) is 8. The second-order valence-electron chi connectivity index (χ2n) is 7.72. The van der Waals surface area contributed by atoms with E-state index in [0.29, 0.717) is 25.8 Å². The molecule has 8 nitrogen and oxygen atoms in total. The van der Waals surface area contributed by atoms with Crippen LogP contribution in [-0.2, 0) is 14.0 Å². The molecule has 148 valence electrons. The third-order valence-corrected chi connectivity index (χ3v) is 5.82. The van der Waals surface area contributed by atoms with Crippen LogP contribution in [-0.4, -0.2) is 42.9 Å². The number of nitrogens with zero attached hydrogens (tertiary/aromatic N) is 3. The first-order valence-electron chi connectivity index (χ1n) is 9.97. The molecule has 0 aromatic carbocycles. The van der Waals surface area contributed by atoms with Crippen molar-refractivity contribution >= 4 is 18.9 Å². The fraction of sp³-hybridized carbons (Fsp3) is 0.450. The van der Waals surface area contributed by atoms with E-state index in [2.05, 4.69) is 26.7 Å². The summed E-state index contributed by atoms with van der Waals surface area (Å²) in [7, 11) is -0.335. The first-order valence-corrected chi connectivity index (χ1v) is 9.97. The van der Waals surface area contributed by atoms with Crippen molar-refractivity contribution in [3.63, 3.8) is 0 Å². The zero-order valence-electron chi connectivity index (χ0n) is 16.3. The van der Waals surface area contributed by atoms with E-state index in [9.17, 15) is 5.26 Å². The molecule has 1 aromatic heterocycles. The van der Waals surface area contributed by atoms with Crippen LogP contribution in [0, 0.1) is 24.2 Å². The molecule has 0 saturated heterocycles. The Bertz CT molecular complexity index is 967. The van der Waals surface area contributed by atoms with Crippen molar-refractivity contribution in [3.8, 4) is 6.07 Å². The van der Waals surface area contributed by atoms with E-state index in [1.807, 2.05) is 13.0 Å². The number of hydrogen-bond donors (Lipinski definition) is 2. The highest BCUT2D eigenvalue weighted by molar-refractivity contribution is 6.57. The predicted molar refractivity (Wildman–Crippen MR) is 108 cm³/mol. The van der Waals surface area contributed by atoms with E-state index in [1.54, 1.807) is 12.5 Å². The molecule has 9 heteroatoms. The van der Waals surface area contributed by atoms with Gasteiger partial charge in [-0.25, -0.2) is 4.98 Å². The van der Waals surface area contributed by atoms with Crippen molar-refractivity contribution in [1.82, 2.24) is 9.97 Å². The van der Waals surface area contributed by atoms with Gasteiger partial charge in [-0.15, -0.1) is 0 Å². The van der Waals surface area contributed by atoms with Gasteiger partial charge in [0.1, 0.15) is 18.7 Å². The number of ether oxygens (including phenoxy) is 1. The number of aromatic nitrogens is 2. The van der Waals surface area contributed by atoms with Gasteiger partial charge in [-0.3, -0.25) is 0 Å². The summed E-state index contributed by atoms with van der Waals surface area (Å²) in [6, 6.07) is 2.53. The van der Waals surface area contributed by atoms with Gasteiger partial charge in [-0.2, -0.15) is 10.2 Å². The van der Waals surface area contributed by atoms with E-state index in [1.165, 1.54) is 0 Å². The van der Waals surface area contributed by atoms with Crippen LogP contribution >= 0.6 is 0 Å². The van der Waals surface area contributed by atoms with Gasteiger partial charge in [0.05, 0.1) is 30.9 Å². The monoisotopic (exact) mass is 391 g/mol. The predicted octanol–water partition coefficient (Wildman–Crippen LogP) is 2.48. The maximum absolute atomic E-state index is 9.35. The summed E-state index contributed by atoms with van der Waals surface area (Å²) in [5.74, 6) is 1.26. The molecule has 29 heavy (non-hydrogen) atoms. The molecule has 0 unspecified atom stereocenters. The van der Waals surface area contributed by atoms with Crippen LogP contribution in [0.1, 0.15) is 24.8 Å². The molecule has 2 atom stereocenters. The number of allylic oxidation sites excluding steroid dienone is 1. The van der Waals surface area contributed by atoms with E-state index in [4.69, 9.17) is 14.0 Å². The van der Waals surface area contributed by atoms with Crippen LogP contribution in [0.5, 0.6) is 0 Å². The Balaban J connectivity index is 1.39. The Morgan fingerprint density at radius 1 is 1.28 bits per heavy atom. The number of anilines is 2. The quantitative estimate of drug-likeness (QED) is 0.755. The summed E-state index contributed by atoms with van der Waals surface area (Å²) < 4.78 is 17.1. The molecule has 1 aromatic rings. The zero-order valence-corrected chi connectivity index (χ0v) is 16.3. The van der Waals surface area contributed by atoms with Gasteiger partial charge in [-0.05, 0) is 42.8 Å². The Hall–Kier alpha value is -2.83. The lowest BCUT2D eigenvalue weighted by Gasteiger charge is -2.21. The van der Waals surface area contributed by atoms with Crippen molar-refractivity contribution < 1.29 is 14.0 Å². The van der Waals surface area contributed by atoms with Crippen LogP contribution in [0.15, 0.2) is 40.9 Å². The van der Waals surface area contributed by atoms with E-state index in [0.717, 1.165) is 53.0 Å². The Morgan fingerprint density at radius 3 is 3.10 bits per heavy atom. The molecular formula is C20H22BN5O3. The van der Waals surface area contributed by atoms with Crippen LogP contribution in [0.25, 0.3) is 0 Å². The number of aryl methyl sites for hydroxylation is 1. The maximum Gasteiger partial charge on any atom is 0.495 e. The average Bonchev–Trinajstić information content (AvgIpc) is 3.31. The molecular weight excluding hydrogens is 369 g/mol. The van der Waals surface area contributed by atoms with E-state index in [-0.39, 0.29) is 19.1 Å². The van der Waals surface area contributed by atoms with Crippen LogP contribution in [0.2, 0.25) is 0 Å². The molecule has 4 aliphatic rings. The summed E-state index contributed by atoms with van der Waals surface area (Å²) in [6.07, 6.45) is 8.51. The Labute approximate surface area is 169 Å². The summed E-state index contributed by atoms with van der Waals surface area (Å²) in [5.41, 5.74) is 4.90. The van der Waals surface area contributed by atoms with Gasteiger partial charge in [-0.1, -0.05) is 6.08 Å². The fourth-order valence-corrected chi connectivity index (χ4v) is 4.27. The minimum Gasteiger partial charge on any atom is -0.495 e. The van der Waals surface area contributed by atoms with Crippen molar-refractivity contribution in [2.24, 2.45) is 5.92 Å². The lowest BCUT2D eigenvalue weighted by molar-refractivity contribution is 0.229. The second-order valence-corrected chi connectivity index (χ2v) is 7.72. The summed E-state index contributed by atoms with van der Waals surface area (Å²) in [6.45, 7) is 3.45. The SMILES string of the molecule is Cc1cnc(NC2=COCC3=C4B(OCC=C24)OC3)nc1N[C@@H]1CCC[C@H]1C#N. The van der Waals surface area contributed by atoms with Gasteiger partial charge < -0.3 is 24.7 Å². The summed E-state index contributed by atoms with van der Waals surface area (Å²) in [5, 5.41) is 16.1. The Kier molecular flexibility index (Phi) is 4.74. The van der Waals surface area contributed by atoms with Crippen molar-refractivity contribution in [2.75, 3.05) is 30.5 Å². The van der Waals surface area contributed by atoms with Crippen molar-refractivity contribution in [3.05, 3.63) is 46.4 Å². The minimum absolute atomic E-state index is 0.0239. The van der Waals surface area contributed by atoms with Gasteiger partial charge in [0.2, 0.25) is 5.95 Å². The highest BCUT2D eigenvalue weighted by atomic mass is 16.6. The first kappa shape index (κ1) is 18.2. The Morgan fingerprint density at radius 2 is 2.21 bits per heavy atom. The van der Waals surface area contributed by atoms with Gasteiger partial charge in [0.25, 0.3) is 0 Å². The molecule has 0 spiro atoms. The minimum atomic E-state index is -0.335. The lowest BCUT2D eigenvalue weighted by Crippen LogP contribution is -2.28. The standard InChI is InChI=1S/C20H22BN5O3/c1-12-8-23-20(26-19(12)24-16-4-2-3-13(16)7-22)25-17-11-27-9-14-10-29-21-18(14)15(17)5-6-28-21/h5,8,11,13,16H,2-4,6,9-10H2,1H3,(H2,23,24,25,26)/t13-,16+/m0/s1. The third kappa shape index (κ3) is 3.39. The second kappa shape index (κ2) is 7.54. The number of rotatable bonds is 4. The van der Waals surface area contributed by atoms with Crippen molar-refractivity contribution in [2.45, 2.75) is 32.2 Å². The maximum atomic E-state index is 9.35. The summed E-state index contributed by atoms with van der Waals surface area (Å²) >= 11 is 0. The molecule has 2 N–H and O–H groups in total. The van der Waals surface area contributed by atoms with Gasteiger partial charge in [0.15, 0.2) is 0 Å². The molecule has 1 saturated carbocycles. The van der Waals surface area contributed by atoms with Crippen LogP contribution in [0.3, 0.4) is 0 Å². The number of nitriles is 1. The summed E-state index contributed by atoms with van der Waals surface area (Å²) in [4.78, 5) is 9.11.